The number of thioether (sulfide) groups is 1. The third-order valence-corrected chi connectivity index (χ3v) is 6.12. The Balaban J connectivity index is 0.00000144. The Bertz CT molecular complexity index is 515. The summed E-state index contributed by atoms with van der Waals surface area (Å²) in [6.45, 7) is 0. The molecular formula is C11H13IN2S3. The van der Waals surface area contributed by atoms with Gasteiger partial charge in [0.15, 0.2) is 0 Å². The van der Waals surface area contributed by atoms with Crippen molar-refractivity contribution in [3.05, 3.63) is 40.8 Å². The Morgan fingerprint density at radius 1 is 1.35 bits per heavy atom. The highest BCUT2D eigenvalue weighted by Crippen LogP contribution is 2.26. The number of hydrogen-bond donors (Lipinski definition) is 0. The molecule has 0 atom stereocenters. The fraction of sp³-hybridized carbons (Fsp3) is 0.273. The molecule has 0 radical (unpaired) electrons. The fourth-order valence-corrected chi connectivity index (χ4v) is 4.95. The van der Waals surface area contributed by atoms with Gasteiger partial charge in [-0.1, -0.05) is 16.4 Å². The molecule has 2 nitrogen and oxygen atoms in total. The quantitative estimate of drug-likeness (QED) is 0.302. The zero-order valence-corrected chi connectivity index (χ0v) is 14.2. The Morgan fingerprint density at radius 3 is 2.76 bits per heavy atom. The predicted octanol–water partition coefficient (Wildman–Crippen LogP) is -0.467. The van der Waals surface area contributed by atoms with E-state index in [0.29, 0.717) is 0 Å². The summed E-state index contributed by atoms with van der Waals surface area (Å²) in [6.07, 6.45) is 3.74. The van der Waals surface area contributed by atoms with Crippen LogP contribution in [0, 0.1) is 0 Å². The van der Waals surface area contributed by atoms with Crippen LogP contribution in [0.15, 0.2) is 34.8 Å². The first-order valence-electron chi connectivity index (χ1n) is 4.88. The molecule has 0 aliphatic heterocycles. The molecule has 0 spiro atoms. The largest absolute Gasteiger partial charge is 1.00 e. The molecule has 0 fully saturated rings. The molecule has 0 saturated carbocycles. The van der Waals surface area contributed by atoms with Crippen LogP contribution >= 0.6 is 32.4 Å². The van der Waals surface area contributed by atoms with Crippen LogP contribution in [0.25, 0.3) is 0 Å². The maximum atomic E-state index is 4.11. The molecule has 0 saturated heterocycles. The van der Waals surface area contributed by atoms with E-state index >= 15 is 0 Å². The number of pyridine rings is 1. The summed E-state index contributed by atoms with van der Waals surface area (Å²) in [6, 6.07) is 6.35. The van der Waals surface area contributed by atoms with Gasteiger partial charge in [-0.05, 0) is 22.0 Å². The first kappa shape index (κ1) is 15.1. The van der Waals surface area contributed by atoms with Gasteiger partial charge in [-0.2, -0.15) is 0 Å². The van der Waals surface area contributed by atoms with Crippen LogP contribution < -0.4 is 33.2 Å². The predicted molar refractivity (Wildman–Crippen MR) is 73.1 cm³/mol. The van der Waals surface area contributed by atoms with Crippen LogP contribution in [0.5, 0.6) is 0 Å². The van der Waals surface area contributed by atoms with Gasteiger partial charge in [0, 0.05) is 24.2 Å². The lowest BCUT2D eigenvalue weighted by Gasteiger charge is -1.96. The van der Waals surface area contributed by atoms with Crippen molar-refractivity contribution < 1.29 is 24.0 Å². The van der Waals surface area contributed by atoms with E-state index in [0.717, 1.165) is 5.75 Å². The molecule has 92 valence electrons. The lowest BCUT2D eigenvalue weighted by Crippen LogP contribution is -3.00. The van der Waals surface area contributed by atoms with Crippen molar-refractivity contribution in [3.63, 3.8) is 0 Å². The van der Waals surface area contributed by atoms with Crippen molar-refractivity contribution in [2.24, 2.45) is 0 Å². The molecule has 2 rings (SSSR count). The van der Waals surface area contributed by atoms with Gasteiger partial charge in [0.05, 0.1) is 4.21 Å². The summed E-state index contributed by atoms with van der Waals surface area (Å²) >= 11 is 1.87. The van der Waals surface area contributed by atoms with Crippen LogP contribution in [0.4, 0.5) is 0 Å². The number of halogens is 1. The van der Waals surface area contributed by atoms with Crippen molar-refractivity contribution in [1.29, 1.82) is 0 Å². The molecule has 0 bridgehead atoms. The van der Waals surface area contributed by atoms with Crippen molar-refractivity contribution in [3.8, 4) is 0 Å². The summed E-state index contributed by atoms with van der Waals surface area (Å²) < 4.78 is 4.84. The summed E-state index contributed by atoms with van der Waals surface area (Å²) in [5.41, 5.74) is 1.28. The van der Waals surface area contributed by atoms with E-state index < -0.39 is 0 Å². The second-order valence-corrected chi connectivity index (χ2v) is 6.98. The molecule has 17 heavy (non-hydrogen) atoms. The van der Waals surface area contributed by atoms with E-state index in [1.165, 1.54) is 14.4 Å². The molecule has 0 unspecified atom stereocenters. The SMILES string of the molecule is C[N+](C)=c1cc(SCc2cccnc2)ss1.[I-]. The summed E-state index contributed by atoms with van der Waals surface area (Å²) in [5.74, 6) is 0.994. The Morgan fingerprint density at radius 2 is 2.18 bits per heavy atom. The summed E-state index contributed by atoms with van der Waals surface area (Å²) in [7, 11) is 7.82. The van der Waals surface area contributed by atoms with Gasteiger partial charge >= 0.3 is 0 Å². The van der Waals surface area contributed by atoms with Gasteiger partial charge in [0.2, 0.25) is 0 Å². The highest BCUT2D eigenvalue weighted by molar-refractivity contribution is 8.02. The lowest BCUT2D eigenvalue weighted by molar-refractivity contribution is -0.00000323. The first-order valence-corrected chi connectivity index (χ1v) is 8.01. The normalized spacial score (nSPS) is 9.76. The van der Waals surface area contributed by atoms with Gasteiger partial charge < -0.3 is 24.0 Å². The fourth-order valence-electron chi connectivity index (χ4n) is 1.14. The summed E-state index contributed by atoms with van der Waals surface area (Å²) in [5, 5.41) is 0. The topological polar surface area (TPSA) is 15.9 Å². The van der Waals surface area contributed by atoms with Crippen LogP contribution in [0.1, 0.15) is 5.56 Å². The van der Waals surface area contributed by atoms with E-state index in [2.05, 4.69) is 35.8 Å². The molecule has 2 heterocycles. The molecule has 6 heteroatoms. The Hall–Kier alpha value is 0.0800. The standard InChI is InChI=1S/C11H13N2S3.HI/c1-13(2)10-6-11(16-15-10)14-8-9-4-3-5-12-7-9;/h3-7H,8H2,1-2H3;1H/q+1;/p-1. The van der Waals surface area contributed by atoms with Crippen LogP contribution in [-0.2, 0) is 5.75 Å². The average Bonchev–Trinajstić information content (AvgIpc) is 2.76. The minimum Gasteiger partial charge on any atom is -1.00 e. The summed E-state index contributed by atoms with van der Waals surface area (Å²) in [4.78, 5) is 4.11. The minimum atomic E-state index is 0. The minimum absolute atomic E-state index is 0. The Kier molecular flexibility index (Phi) is 6.68. The number of rotatable bonds is 3. The number of nitrogens with zero attached hydrogens (tertiary/aromatic N) is 2. The highest BCUT2D eigenvalue weighted by Gasteiger charge is 2.02. The van der Waals surface area contributed by atoms with Crippen LogP contribution in [-0.4, -0.2) is 19.1 Å². The van der Waals surface area contributed by atoms with Gasteiger partial charge in [-0.3, -0.25) is 4.98 Å². The zero-order chi connectivity index (χ0) is 11.4. The van der Waals surface area contributed by atoms with Crippen molar-refractivity contribution >= 4 is 32.4 Å². The van der Waals surface area contributed by atoms with Crippen LogP contribution in [0.3, 0.4) is 0 Å². The Labute approximate surface area is 130 Å². The second kappa shape index (κ2) is 7.50. The van der Waals surface area contributed by atoms with E-state index in [-0.39, 0.29) is 24.0 Å². The molecule has 0 aromatic carbocycles. The molecule has 0 aliphatic carbocycles. The van der Waals surface area contributed by atoms with E-state index in [9.17, 15) is 0 Å². The number of aromatic nitrogens is 1. The molecule has 2 aromatic heterocycles. The van der Waals surface area contributed by atoms with E-state index in [4.69, 9.17) is 0 Å². The number of hydrogen-bond acceptors (Lipinski definition) is 4. The van der Waals surface area contributed by atoms with Crippen LogP contribution in [0.2, 0.25) is 0 Å². The first-order chi connectivity index (χ1) is 7.75. The third kappa shape index (κ3) is 4.69. The van der Waals surface area contributed by atoms with Gasteiger partial charge in [-0.15, -0.1) is 11.8 Å². The van der Waals surface area contributed by atoms with Gasteiger partial charge in [-0.25, -0.2) is 4.58 Å². The maximum Gasteiger partial charge on any atom is 0.267 e. The zero-order valence-electron chi connectivity index (χ0n) is 9.59. The monoisotopic (exact) mass is 396 g/mol. The maximum absolute atomic E-state index is 4.11. The third-order valence-electron chi connectivity index (χ3n) is 2.00. The molecule has 0 aliphatic rings. The molecule has 0 amide bonds. The molecule has 2 aromatic rings. The van der Waals surface area contributed by atoms with Crippen molar-refractivity contribution in [1.82, 2.24) is 9.56 Å². The lowest BCUT2D eigenvalue weighted by atomic mass is 10.3. The van der Waals surface area contributed by atoms with Gasteiger partial charge in [0.1, 0.15) is 14.1 Å². The van der Waals surface area contributed by atoms with Gasteiger partial charge in [0.25, 0.3) is 4.67 Å². The van der Waals surface area contributed by atoms with E-state index in [1.54, 1.807) is 0 Å². The average molecular weight is 396 g/mol. The smallest absolute Gasteiger partial charge is 0.267 e. The second-order valence-electron chi connectivity index (χ2n) is 3.51. The van der Waals surface area contributed by atoms with Crippen molar-refractivity contribution in [2.45, 2.75) is 9.96 Å². The molecular weight excluding hydrogens is 383 g/mol. The van der Waals surface area contributed by atoms with Crippen molar-refractivity contribution in [2.75, 3.05) is 14.1 Å². The highest BCUT2D eigenvalue weighted by atomic mass is 127. The molecule has 0 N–H and O–H groups in total. The van der Waals surface area contributed by atoms with E-state index in [1.807, 2.05) is 50.9 Å².